The number of carbonyl (C=O) groups is 1. The van der Waals surface area contributed by atoms with E-state index in [1.54, 1.807) is 6.92 Å². The SMILES string of the molecule is Cc1sc(-c2cc(O)cc(C(F)(F)F)c2)nc1Cn1cc(C(=O)O)cn1. The molecule has 0 aliphatic heterocycles. The second kappa shape index (κ2) is 6.45. The Labute approximate surface area is 149 Å². The van der Waals surface area contributed by atoms with E-state index in [1.807, 2.05) is 0 Å². The van der Waals surface area contributed by atoms with Gasteiger partial charge in [-0.3, -0.25) is 4.68 Å². The molecular formula is C16H12F3N3O3S. The van der Waals surface area contributed by atoms with Crippen LogP contribution < -0.4 is 0 Å². The number of aromatic hydroxyl groups is 1. The summed E-state index contributed by atoms with van der Waals surface area (Å²) < 4.78 is 40.1. The van der Waals surface area contributed by atoms with Gasteiger partial charge in [0.15, 0.2) is 0 Å². The summed E-state index contributed by atoms with van der Waals surface area (Å²) in [6.45, 7) is 1.94. The van der Waals surface area contributed by atoms with Crippen molar-refractivity contribution in [1.82, 2.24) is 14.8 Å². The first-order valence-corrected chi connectivity index (χ1v) is 8.09. The highest BCUT2D eigenvalue weighted by Crippen LogP contribution is 2.37. The summed E-state index contributed by atoms with van der Waals surface area (Å²) in [5.41, 5.74) is -0.216. The van der Waals surface area contributed by atoms with Gasteiger partial charge in [-0.2, -0.15) is 18.3 Å². The molecule has 0 saturated heterocycles. The Hall–Kier alpha value is -2.88. The first kappa shape index (κ1) is 17.9. The summed E-state index contributed by atoms with van der Waals surface area (Å²) >= 11 is 1.18. The standard InChI is InChI=1S/C16H12F3N3O3S/c1-8-13(7-22-6-10(5-20-22)15(24)25)21-14(26-8)9-2-11(16(17,18)19)4-12(23)3-9/h2-6,23H,7H2,1H3,(H,24,25). The molecule has 2 heterocycles. The van der Waals surface area contributed by atoms with Crippen molar-refractivity contribution in [3.05, 3.63) is 52.3 Å². The fraction of sp³-hybridized carbons (Fsp3) is 0.188. The minimum absolute atomic E-state index is 0.0286. The quantitative estimate of drug-likeness (QED) is 0.716. The van der Waals surface area contributed by atoms with Crippen molar-refractivity contribution in [2.45, 2.75) is 19.6 Å². The third kappa shape index (κ3) is 3.69. The fourth-order valence-corrected chi connectivity index (χ4v) is 3.22. The highest BCUT2D eigenvalue weighted by atomic mass is 32.1. The minimum Gasteiger partial charge on any atom is -0.508 e. The highest BCUT2D eigenvalue weighted by Gasteiger charge is 2.31. The first-order valence-electron chi connectivity index (χ1n) is 7.27. The lowest BCUT2D eigenvalue weighted by molar-refractivity contribution is -0.137. The van der Waals surface area contributed by atoms with Crippen LogP contribution in [0.4, 0.5) is 13.2 Å². The molecule has 3 rings (SSSR count). The summed E-state index contributed by atoms with van der Waals surface area (Å²) in [5, 5.41) is 22.8. The van der Waals surface area contributed by atoms with Gasteiger partial charge in [-0.25, -0.2) is 9.78 Å². The van der Waals surface area contributed by atoms with Crippen LogP contribution in [0.15, 0.2) is 30.6 Å². The van der Waals surface area contributed by atoms with Gasteiger partial charge in [-0.1, -0.05) is 0 Å². The highest BCUT2D eigenvalue weighted by molar-refractivity contribution is 7.15. The van der Waals surface area contributed by atoms with Crippen molar-refractivity contribution in [3.8, 4) is 16.3 Å². The molecule has 0 aliphatic rings. The number of halogens is 3. The van der Waals surface area contributed by atoms with Crippen LogP contribution in [0.3, 0.4) is 0 Å². The van der Waals surface area contributed by atoms with Gasteiger partial charge in [0, 0.05) is 16.6 Å². The molecule has 0 bridgehead atoms. The lowest BCUT2D eigenvalue weighted by Crippen LogP contribution is -2.04. The Kier molecular flexibility index (Phi) is 4.45. The summed E-state index contributed by atoms with van der Waals surface area (Å²) in [5.74, 6) is -1.60. The van der Waals surface area contributed by atoms with Gasteiger partial charge in [0.2, 0.25) is 0 Å². The van der Waals surface area contributed by atoms with Gasteiger partial charge in [-0.05, 0) is 25.1 Å². The Bertz CT molecular complexity index is 979. The molecule has 3 aromatic rings. The van der Waals surface area contributed by atoms with Crippen LogP contribution in [0, 0.1) is 6.92 Å². The van der Waals surface area contributed by atoms with E-state index in [1.165, 1.54) is 34.5 Å². The number of thiazole rings is 1. The van der Waals surface area contributed by atoms with Crippen molar-refractivity contribution in [2.24, 2.45) is 0 Å². The molecule has 2 N–H and O–H groups in total. The van der Waals surface area contributed by atoms with Gasteiger partial charge in [0.1, 0.15) is 10.8 Å². The molecule has 6 nitrogen and oxygen atoms in total. The molecule has 0 amide bonds. The van der Waals surface area contributed by atoms with Gasteiger partial charge in [0.05, 0.1) is 29.6 Å². The van der Waals surface area contributed by atoms with E-state index in [-0.39, 0.29) is 17.7 Å². The molecule has 0 unspecified atom stereocenters. The van der Waals surface area contributed by atoms with E-state index >= 15 is 0 Å². The molecule has 0 spiro atoms. The molecule has 1 aromatic carbocycles. The molecule has 0 saturated carbocycles. The zero-order chi connectivity index (χ0) is 19.1. The summed E-state index contributed by atoms with van der Waals surface area (Å²) in [6.07, 6.45) is -2.03. The van der Waals surface area contributed by atoms with Crippen molar-refractivity contribution in [2.75, 3.05) is 0 Å². The second-order valence-corrected chi connectivity index (χ2v) is 6.72. The molecule has 136 valence electrons. The number of hydrogen-bond donors (Lipinski definition) is 2. The molecule has 0 fully saturated rings. The van der Waals surface area contributed by atoms with E-state index in [9.17, 15) is 23.1 Å². The van der Waals surface area contributed by atoms with Crippen LogP contribution in [0.25, 0.3) is 10.6 Å². The molecule has 0 aliphatic carbocycles. The Morgan fingerprint density at radius 2 is 2.04 bits per heavy atom. The zero-order valence-corrected chi connectivity index (χ0v) is 14.1. The topological polar surface area (TPSA) is 88.2 Å². The first-order chi connectivity index (χ1) is 12.1. The monoisotopic (exact) mass is 383 g/mol. The van der Waals surface area contributed by atoms with Crippen LogP contribution in [-0.4, -0.2) is 30.9 Å². The van der Waals surface area contributed by atoms with Crippen LogP contribution in [0.1, 0.15) is 26.5 Å². The third-order valence-corrected chi connectivity index (χ3v) is 4.64. The minimum atomic E-state index is -4.58. The normalized spacial score (nSPS) is 11.7. The molecule has 10 heteroatoms. The lowest BCUT2D eigenvalue weighted by Gasteiger charge is -2.08. The maximum Gasteiger partial charge on any atom is 0.416 e. The van der Waals surface area contributed by atoms with Crippen LogP contribution in [0.2, 0.25) is 0 Å². The predicted molar refractivity (Wildman–Crippen MR) is 87.2 cm³/mol. The van der Waals surface area contributed by atoms with Crippen LogP contribution in [-0.2, 0) is 12.7 Å². The fourth-order valence-electron chi connectivity index (χ4n) is 2.31. The maximum absolute atomic E-state index is 12.9. The second-order valence-electron chi connectivity index (χ2n) is 5.52. The lowest BCUT2D eigenvalue weighted by atomic mass is 10.1. The number of carboxylic acids is 1. The summed E-state index contributed by atoms with van der Waals surface area (Å²) in [4.78, 5) is 16.0. The van der Waals surface area contributed by atoms with Gasteiger partial charge < -0.3 is 10.2 Å². The summed E-state index contributed by atoms with van der Waals surface area (Å²) in [6, 6.07) is 2.80. The van der Waals surface area contributed by atoms with E-state index in [0.29, 0.717) is 16.8 Å². The number of alkyl halides is 3. The third-order valence-electron chi connectivity index (χ3n) is 3.58. The molecule has 0 atom stereocenters. The zero-order valence-electron chi connectivity index (χ0n) is 13.3. The number of aromatic carboxylic acids is 1. The van der Waals surface area contributed by atoms with E-state index in [2.05, 4.69) is 10.1 Å². The predicted octanol–water partition coefficient (Wildman–Crippen LogP) is 3.79. The van der Waals surface area contributed by atoms with E-state index in [0.717, 1.165) is 10.9 Å². The molecule has 2 aromatic heterocycles. The number of aromatic nitrogens is 3. The number of nitrogens with zero attached hydrogens (tertiary/aromatic N) is 3. The smallest absolute Gasteiger partial charge is 0.416 e. The Morgan fingerprint density at radius 3 is 2.65 bits per heavy atom. The molecular weight excluding hydrogens is 371 g/mol. The molecule has 26 heavy (non-hydrogen) atoms. The van der Waals surface area contributed by atoms with Crippen LogP contribution >= 0.6 is 11.3 Å². The largest absolute Gasteiger partial charge is 0.508 e. The average Bonchev–Trinajstić information content (AvgIpc) is 3.14. The molecule has 0 radical (unpaired) electrons. The Balaban J connectivity index is 1.93. The number of carboxylic acid groups (broad SMARTS) is 1. The number of benzene rings is 1. The van der Waals surface area contributed by atoms with Crippen molar-refractivity contribution >= 4 is 17.3 Å². The van der Waals surface area contributed by atoms with Gasteiger partial charge in [-0.15, -0.1) is 11.3 Å². The van der Waals surface area contributed by atoms with Crippen molar-refractivity contribution in [1.29, 1.82) is 0 Å². The average molecular weight is 383 g/mol. The van der Waals surface area contributed by atoms with Crippen molar-refractivity contribution < 1.29 is 28.2 Å². The maximum atomic E-state index is 12.9. The summed E-state index contributed by atoms with van der Waals surface area (Å²) in [7, 11) is 0. The van der Waals surface area contributed by atoms with E-state index in [4.69, 9.17) is 5.11 Å². The number of phenols is 1. The number of rotatable bonds is 4. The van der Waals surface area contributed by atoms with E-state index < -0.39 is 23.5 Å². The number of phenolic OH excluding ortho intramolecular Hbond substituents is 1. The number of hydrogen-bond acceptors (Lipinski definition) is 5. The van der Waals surface area contributed by atoms with Crippen molar-refractivity contribution in [3.63, 3.8) is 0 Å². The van der Waals surface area contributed by atoms with Gasteiger partial charge >= 0.3 is 12.1 Å². The van der Waals surface area contributed by atoms with Gasteiger partial charge in [0.25, 0.3) is 0 Å². The number of aryl methyl sites for hydroxylation is 1. The Morgan fingerprint density at radius 1 is 1.31 bits per heavy atom. The van der Waals surface area contributed by atoms with Crippen LogP contribution in [0.5, 0.6) is 5.75 Å².